The lowest BCUT2D eigenvalue weighted by molar-refractivity contribution is 0.214. The summed E-state index contributed by atoms with van der Waals surface area (Å²) in [6, 6.07) is 0.634. The molecule has 0 aliphatic rings. The smallest absolute Gasteiger partial charge is 0.319 e. The first-order valence-electron chi connectivity index (χ1n) is 6.51. The summed E-state index contributed by atoms with van der Waals surface area (Å²) >= 11 is 0. The van der Waals surface area contributed by atoms with E-state index in [4.69, 9.17) is 11.5 Å². The van der Waals surface area contributed by atoms with Crippen molar-refractivity contribution in [1.29, 1.82) is 0 Å². The Morgan fingerprint density at radius 3 is 2.38 bits per heavy atom. The molecule has 0 aliphatic carbocycles. The van der Waals surface area contributed by atoms with Crippen molar-refractivity contribution >= 4 is 11.7 Å². The van der Waals surface area contributed by atoms with E-state index in [0.29, 0.717) is 6.42 Å². The van der Waals surface area contributed by atoms with Gasteiger partial charge in [-0.2, -0.15) is 0 Å². The molecule has 1 aromatic rings. The fourth-order valence-corrected chi connectivity index (χ4v) is 1.86. The van der Waals surface area contributed by atoms with Gasteiger partial charge in [-0.15, -0.1) is 6.42 Å². The van der Waals surface area contributed by atoms with E-state index in [1.54, 1.807) is 0 Å². The third-order valence-corrected chi connectivity index (χ3v) is 2.76. The molecular weight excluding hydrogens is 278 g/mol. The molecule has 0 radical (unpaired) electrons. The van der Waals surface area contributed by atoms with Crippen molar-refractivity contribution in [3.8, 4) is 12.3 Å². The number of aliphatic hydroxyl groups excluding tert-OH is 1. The number of aliphatic hydroxyl groups is 1. The fourth-order valence-electron chi connectivity index (χ4n) is 1.86. The van der Waals surface area contributed by atoms with Crippen LogP contribution in [0, 0.1) is 29.9 Å². The first kappa shape index (κ1) is 16.9. The summed E-state index contributed by atoms with van der Waals surface area (Å²) in [5.74, 6) is 0.454. The van der Waals surface area contributed by atoms with E-state index < -0.39 is 29.4 Å². The van der Waals surface area contributed by atoms with Gasteiger partial charge in [-0.3, -0.25) is 0 Å². The Labute approximate surface area is 122 Å². The third-order valence-electron chi connectivity index (χ3n) is 2.76. The van der Waals surface area contributed by atoms with Gasteiger partial charge < -0.3 is 15.7 Å². The average molecular weight is 296 g/mol. The quantitative estimate of drug-likeness (QED) is 0.731. The molecule has 1 rings (SSSR count). The zero-order chi connectivity index (χ0) is 16.0. The topological polar surface area (TPSA) is 61.4 Å². The van der Waals surface area contributed by atoms with Crippen molar-refractivity contribution < 1.29 is 18.7 Å². The number of hydrogen-bond donors (Lipinski definition) is 3. The van der Waals surface area contributed by atoms with E-state index in [0.717, 1.165) is 12.1 Å². The number of rotatable bonds is 5. The number of anilines is 1. The van der Waals surface area contributed by atoms with Crippen LogP contribution in [-0.4, -0.2) is 23.8 Å². The van der Waals surface area contributed by atoms with Gasteiger partial charge in [-0.25, -0.2) is 13.6 Å². The summed E-state index contributed by atoms with van der Waals surface area (Å²) in [4.78, 5) is 11.7. The summed E-state index contributed by atoms with van der Waals surface area (Å²) in [6.07, 6.45) is 5.60. The predicted molar refractivity (Wildman–Crippen MR) is 76.8 cm³/mol. The number of nitrogens with one attached hydrogen (secondary N) is 2. The van der Waals surface area contributed by atoms with Gasteiger partial charge in [0.25, 0.3) is 0 Å². The molecule has 6 heteroatoms. The Hall–Kier alpha value is -2.13. The number of urea groups is 1. The van der Waals surface area contributed by atoms with Crippen LogP contribution in [0.3, 0.4) is 0 Å². The summed E-state index contributed by atoms with van der Waals surface area (Å²) in [5, 5.41) is 13.7. The van der Waals surface area contributed by atoms with Gasteiger partial charge in [0.2, 0.25) is 0 Å². The van der Waals surface area contributed by atoms with Gasteiger partial charge in [-0.1, -0.05) is 19.8 Å². The number of amides is 2. The lowest BCUT2D eigenvalue weighted by Gasteiger charge is -2.19. The highest BCUT2D eigenvalue weighted by atomic mass is 19.1. The lowest BCUT2D eigenvalue weighted by atomic mass is 10.0. The Balaban J connectivity index is 2.77. The maximum Gasteiger partial charge on any atom is 0.319 e. The van der Waals surface area contributed by atoms with Crippen LogP contribution in [0.25, 0.3) is 0 Å². The molecule has 0 aromatic heterocycles. The lowest BCUT2D eigenvalue weighted by Crippen LogP contribution is -2.41. The molecule has 1 unspecified atom stereocenters. The van der Waals surface area contributed by atoms with Gasteiger partial charge in [-0.05, 0) is 24.5 Å². The van der Waals surface area contributed by atoms with Crippen LogP contribution in [0.1, 0.15) is 25.8 Å². The van der Waals surface area contributed by atoms with Gasteiger partial charge in [0, 0.05) is 5.56 Å². The van der Waals surface area contributed by atoms with E-state index in [9.17, 15) is 13.6 Å². The number of carbonyl (C=O) groups excluding carboxylic acids is 1. The van der Waals surface area contributed by atoms with Crippen molar-refractivity contribution in [2.75, 3.05) is 11.9 Å². The Kier molecular flexibility index (Phi) is 6.12. The molecule has 0 saturated carbocycles. The first-order chi connectivity index (χ1) is 9.87. The van der Waals surface area contributed by atoms with Crippen LogP contribution >= 0.6 is 0 Å². The highest BCUT2D eigenvalue weighted by molar-refractivity contribution is 5.89. The van der Waals surface area contributed by atoms with Crippen LogP contribution in [0.15, 0.2) is 12.1 Å². The first-order valence-corrected chi connectivity index (χ1v) is 6.51. The van der Waals surface area contributed by atoms with Crippen molar-refractivity contribution in [3.63, 3.8) is 0 Å². The number of hydrogen-bond acceptors (Lipinski definition) is 2. The second-order valence-electron chi connectivity index (χ2n) is 5.07. The van der Waals surface area contributed by atoms with Crippen LogP contribution in [0.5, 0.6) is 0 Å². The molecule has 0 aliphatic heterocycles. The minimum atomic E-state index is -0.956. The van der Waals surface area contributed by atoms with Gasteiger partial charge in [0.05, 0.1) is 12.6 Å². The van der Waals surface area contributed by atoms with Gasteiger partial charge >= 0.3 is 6.03 Å². The molecule has 0 bridgehead atoms. The highest BCUT2D eigenvalue weighted by Gasteiger charge is 2.17. The molecule has 1 atom stereocenters. The molecule has 114 valence electrons. The standard InChI is InChI=1S/C15H18F2N2O2/c1-4-10-6-12(16)14(13(17)7-10)19-15(21)18-11(8-20)5-9(2)3/h1,6-7,9,11,20H,5,8H2,2-3H3,(H2,18,19,21). The fraction of sp³-hybridized carbons (Fsp3) is 0.400. The van der Waals surface area contributed by atoms with Crippen LogP contribution in [-0.2, 0) is 0 Å². The van der Waals surface area contributed by atoms with Gasteiger partial charge in [0.1, 0.15) is 5.69 Å². The van der Waals surface area contributed by atoms with Crippen molar-refractivity contribution in [2.24, 2.45) is 5.92 Å². The average Bonchev–Trinajstić information content (AvgIpc) is 2.41. The number of terminal acetylenes is 1. The molecule has 3 N–H and O–H groups in total. The molecule has 0 spiro atoms. The largest absolute Gasteiger partial charge is 0.394 e. The number of carbonyl (C=O) groups is 1. The van der Waals surface area contributed by atoms with E-state index in [2.05, 4.69) is 16.6 Å². The minimum Gasteiger partial charge on any atom is -0.394 e. The van der Waals surface area contributed by atoms with Crippen LogP contribution in [0.2, 0.25) is 0 Å². The second kappa shape index (κ2) is 7.60. The summed E-state index contributed by atoms with van der Waals surface area (Å²) in [6.45, 7) is 3.60. The predicted octanol–water partition coefficient (Wildman–Crippen LogP) is 2.47. The summed E-state index contributed by atoms with van der Waals surface area (Å²) in [5.41, 5.74) is -0.531. The Morgan fingerprint density at radius 1 is 1.38 bits per heavy atom. The Morgan fingerprint density at radius 2 is 1.95 bits per heavy atom. The second-order valence-corrected chi connectivity index (χ2v) is 5.07. The molecule has 0 heterocycles. The molecule has 0 saturated heterocycles. The normalized spacial score (nSPS) is 11.9. The van der Waals surface area contributed by atoms with Crippen molar-refractivity contribution in [2.45, 2.75) is 26.3 Å². The zero-order valence-corrected chi connectivity index (χ0v) is 11.9. The number of halogens is 2. The van der Waals surface area contributed by atoms with Crippen LogP contribution < -0.4 is 10.6 Å². The summed E-state index contributed by atoms with van der Waals surface area (Å²) < 4.78 is 27.3. The maximum atomic E-state index is 13.7. The third kappa shape index (κ3) is 5.04. The monoisotopic (exact) mass is 296 g/mol. The van der Waals surface area contributed by atoms with Gasteiger partial charge in [0.15, 0.2) is 11.6 Å². The van der Waals surface area contributed by atoms with Crippen LogP contribution in [0.4, 0.5) is 19.3 Å². The maximum absolute atomic E-state index is 13.7. The van der Waals surface area contributed by atoms with E-state index in [1.807, 2.05) is 13.8 Å². The summed E-state index contributed by atoms with van der Waals surface area (Å²) in [7, 11) is 0. The number of benzene rings is 1. The van der Waals surface area contributed by atoms with E-state index in [1.165, 1.54) is 0 Å². The molecule has 2 amide bonds. The molecule has 0 fully saturated rings. The van der Waals surface area contributed by atoms with E-state index in [-0.39, 0.29) is 18.1 Å². The minimum absolute atomic E-state index is 0.0454. The molecular formula is C15H18F2N2O2. The van der Waals surface area contributed by atoms with Crippen molar-refractivity contribution in [1.82, 2.24) is 5.32 Å². The molecule has 4 nitrogen and oxygen atoms in total. The zero-order valence-electron chi connectivity index (χ0n) is 11.9. The highest BCUT2D eigenvalue weighted by Crippen LogP contribution is 2.20. The molecule has 1 aromatic carbocycles. The SMILES string of the molecule is C#Cc1cc(F)c(NC(=O)NC(CO)CC(C)C)c(F)c1. The van der Waals surface area contributed by atoms with E-state index >= 15 is 0 Å². The molecule has 21 heavy (non-hydrogen) atoms. The Bertz CT molecular complexity index is 530. The van der Waals surface area contributed by atoms with Crippen molar-refractivity contribution in [3.05, 3.63) is 29.3 Å².